The summed E-state index contributed by atoms with van der Waals surface area (Å²) in [5, 5.41) is 2.75. The molecule has 1 aliphatic heterocycles. The molecule has 1 rings (SSSR count). The number of hydrogen-bond donors (Lipinski definition) is 2. The zero-order valence-electron chi connectivity index (χ0n) is 11.2. The van der Waals surface area contributed by atoms with Crippen LogP contribution in [0, 0.1) is 5.92 Å². The highest BCUT2D eigenvalue weighted by Gasteiger charge is 2.34. The van der Waals surface area contributed by atoms with E-state index >= 15 is 0 Å². The molecule has 2 atom stereocenters. The van der Waals surface area contributed by atoms with E-state index in [4.69, 9.17) is 5.73 Å². The van der Waals surface area contributed by atoms with E-state index in [9.17, 15) is 18.0 Å². The van der Waals surface area contributed by atoms with E-state index < -0.39 is 12.7 Å². The Morgan fingerprint density at radius 3 is 2.79 bits per heavy atom. The van der Waals surface area contributed by atoms with Gasteiger partial charge in [0, 0.05) is 25.6 Å². The van der Waals surface area contributed by atoms with Crippen molar-refractivity contribution in [2.45, 2.75) is 38.4 Å². The molecule has 7 heteroatoms. The second-order valence-corrected chi connectivity index (χ2v) is 5.18. The molecule has 19 heavy (non-hydrogen) atoms. The number of nitrogens with two attached hydrogens (primary N) is 1. The van der Waals surface area contributed by atoms with Crippen LogP contribution in [0.15, 0.2) is 0 Å². The number of halogens is 3. The normalized spacial score (nSPS) is 22.5. The zero-order valence-corrected chi connectivity index (χ0v) is 11.2. The third-order valence-corrected chi connectivity index (χ3v) is 3.33. The van der Waals surface area contributed by atoms with Gasteiger partial charge in [0.15, 0.2) is 0 Å². The van der Waals surface area contributed by atoms with Gasteiger partial charge in [0.05, 0.1) is 6.54 Å². The Labute approximate surface area is 111 Å². The molecule has 0 radical (unpaired) electrons. The molecule has 1 heterocycles. The summed E-state index contributed by atoms with van der Waals surface area (Å²) in [5.74, 6) is -0.0206. The van der Waals surface area contributed by atoms with E-state index in [1.807, 2.05) is 6.92 Å². The third-order valence-electron chi connectivity index (χ3n) is 3.33. The number of hydrogen-bond acceptors (Lipinski definition) is 3. The van der Waals surface area contributed by atoms with Crippen molar-refractivity contribution >= 4 is 5.91 Å². The van der Waals surface area contributed by atoms with Gasteiger partial charge in [-0.15, -0.1) is 0 Å². The van der Waals surface area contributed by atoms with Crippen molar-refractivity contribution in [1.82, 2.24) is 10.2 Å². The second kappa shape index (κ2) is 7.09. The van der Waals surface area contributed by atoms with Gasteiger partial charge in [-0.05, 0) is 25.3 Å². The molecule has 0 spiro atoms. The van der Waals surface area contributed by atoms with Crippen molar-refractivity contribution in [3.8, 4) is 0 Å². The van der Waals surface area contributed by atoms with Crippen molar-refractivity contribution in [3.63, 3.8) is 0 Å². The molecule has 1 saturated heterocycles. The molecule has 4 nitrogen and oxygen atoms in total. The van der Waals surface area contributed by atoms with Crippen LogP contribution in [-0.2, 0) is 4.79 Å². The van der Waals surface area contributed by atoms with Crippen LogP contribution in [0.4, 0.5) is 13.2 Å². The van der Waals surface area contributed by atoms with Gasteiger partial charge in [-0.25, -0.2) is 0 Å². The van der Waals surface area contributed by atoms with Crippen LogP contribution in [0.1, 0.15) is 26.2 Å². The van der Waals surface area contributed by atoms with Gasteiger partial charge in [0.1, 0.15) is 0 Å². The Balaban J connectivity index is 2.20. The van der Waals surface area contributed by atoms with Gasteiger partial charge in [-0.3, -0.25) is 9.69 Å². The number of nitrogens with one attached hydrogen (secondary N) is 1. The maximum Gasteiger partial charge on any atom is 0.401 e. The molecule has 0 saturated carbocycles. The van der Waals surface area contributed by atoms with Crippen LogP contribution in [0.3, 0.4) is 0 Å². The molecule has 0 aromatic carbocycles. The Morgan fingerprint density at radius 1 is 1.53 bits per heavy atom. The fourth-order valence-electron chi connectivity index (χ4n) is 2.19. The Bertz CT molecular complexity index is 296. The Kier molecular flexibility index (Phi) is 6.06. The van der Waals surface area contributed by atoms with Gasteiger partial charge < -0.3 is 11.1 Å². The van der Waals surface area contributed by atoms with Crippen LogP contribution in [0.25, 0.3) is 0 Å². The molecular formula is C12H22F3N3O. The number of amides is 1. The van der Waals surface area contributed by atoms with E-state index in [0.29, 0.717) is 26.1 Å². The number of carbonyl (C=O) groups excluding carboxylic acids is 1. The highest BCUT2D eigenvalue weighted by molar-refractivity contribution is 5.76. The first-order valence-corrected chi connectivity index (χ1v) is 6.61. The lowest BCUT2D eigenvalue weighted by molar-refractivity contribution is -0.143. The molecule has 0 aliphatic carbocycles. The van der Waals surface area contributed by atoms with E-state index in [0.717, 1.165) is 6.42 Å². The molecular weight excluding hydrogens is 259 g/mol. The smallest absolute Gasteiger partial charge is 0.356 e. The quantitative estimate of drug-likeness (QED) is 0.767. The molecule has 1 fully saturated rings. The summed E-state index contributed by atoms with van der Waals surface area (Å²) in [7, 11) is 0. The maximum absolute atomic E-state index is 12.2. The highest BCUT2D eigenvalue weighted by Crippen LogP contribution is 2.22. The lowest BCUT2D eigenvalue weighted by Crippen LogP contribution is -2.36. The fraction of sp³-hybridized carbons (Fsp3) is 0.917. The number of alkyl halides is 3. The van der Waals surface area contributed by atoms with E-state index in [-0.39, 0.29) is 24.3 Å². The highest BCUT2D eigenvalue weighted by atomic mass is 19.4. The van der Waals surface area contributed by atoms with Crippen LogP contribution in [-0.4, -0.2) is 49.2 Å². The van der Waals surface area contributed by atoms with Gasteiger partial charge in [0.25, 0.3) is 0 Å². The average molecular weight is 281 g/mol. The van der Waals surface area contributed by atoms with Gasteiger partial charge >= 0.3 is 6.18 Å². The first kappa shape index (κ1) is 16.2. The fourth-order valence-corrected chi connectivity index (χ4v) is 2.19. The van der Waals surface area contributed by atoms with Crippen molar-refractivity contribution in [1.29, 1.82) is 0 Å². The second-order valence-electron chi connectivity index (χ2n) is 5.18. The monoisotopic (exact) mass is 281 g/mol. The van der Waals surface area contributed by atoms with Crippen molar-refractivity contribution in [3.05, 3.63) is 0 Å². The Hall–Kier alpha value is -0.820. The third kappa shape index (κ3) is 6.77. The maximum atomic E-state index is 12.2. The minimum absolute atomic E-state index is 0.101. The molecule has 1 aliphatic rings. The predicted molar refractivity (Wildman–Crippen MR) is 66.5 cm³/mol. The SMILES string of the molecule is CCC(N)CC(=O)NCC1CCN(CC(F)(F)F)C1. The standard InChI is InChI=1S/C12H22F3N3O/c1-2-10(16)5-11(19)17-6-9-3-4-18(7-9)8-12(13,14)15/h9-10H,2-8,16H2,1H3,(H,17,19). The summed E-state index contributed by atoms with van der Waals surface area (Å²) >= 11 is 0. The van der Waals surface area contributed by atoms with Crippen molar-refractivity contribution < 1.29 is 18.0 Å². The number of carbonyl (C=O) groups is 1. The van der Waals surface area contributed by atoms with Crippen LogP contribution in [0.2, 0.25) is 0 Å². The Morgan fingerprint density at radius 2 is 2.21 bits per heavy atom. The molecule has 0 aromatic heterocycles. The number of likely N-dealkylation sites (tertiary alicyclic amines) is 1. The van der Waals surface area contributed by atoms with Gasteiger partial charge in [0.2, 0.25) is 5.91 Å². The summed E-state index contributed by atoms with van der Waals surface area (Å²) in [5.41, 5.74) is 5.65. The van der Waals surface area contributed by atoms with Gasteiger partial charge in [-0.1, -0.05) is 6.92 Å². The first-order chi connectivity index (χ1) is 8.80. The molecule has 0 bridgehead atoms. The van der Waals surface area contributed by atoms with Crippen LogP contribution >= 0.6 is 0 Å². The van der Waals surface area contributed by atoms with E-state index in [1.54, 1.807) is 0 Å². The predicted octanol–water partition coefficient (Wildman–Crippen LogP) is 1.11. The van der Waals surface area contributed by atoms with E-state index in [1.165, 1.54) is 4.90 Å². The lowest BCUT2D eigenvalue weighted by Gasteiger charge is -2.18. The first-order valence-electron chi connectivity index (χ1n) is 6.61. The number of rotatable bonds is 6. The average Bonchev–Trinajstić information content (AvgIpc) is 2.71. The summed E-state index contributed by atoms with van der Waals surface area (Å²) in [4.78, 5) is 12.9. The molecule has 112 valence electrons. The van der Waals surface area contributed by atoms with Crippen molar-refractivity contribution in [2.75, 3.05) is 26.2 Å². The van der Waals surface area contributed by atoms with E-state index in [2.05, 4.69) is 5.32 Å². The molecule has 1 amide bonds. The molecule has 2 unspecified atom stereocenters. The largest absolute Gasteiger partial charge is 0.401 e. The van der Waals surface area contributed by atoms with Crippen LogP contribution in [0.5, 0.6) is 0 Å². The minimum atomic E-state index is -4.15. The minimum Gasteiger partial charge on any atom is -0.356 e. The topological polar surface area (TPSA) is 58.4 Å². The number of nitrogens with zero attached hydrogens (tertiary/aromatic N) is 1. The van der Waals surface area contributed by atoms with Crippen LogP contribution < -0.4 is 11.1 Å². The zero-order chi connectivity index (χ0) is 14.5. The summed E-state index contributed by atoms with van der Waals surface area (Å²) in [6.07, 6.45) is -2.45. The molecule has 3 N–H and O–H groups in total. The molecule has 0 aromatic rings. The summed E-state index contributed by atoms with van der Waals surface area (Å²) in [6.45, 7) is 2.31. The summed E-state index contributed by atoms with van der Waals surface area (Å²) in [6, 6.07) is -0.148. The van der Waals surface area contributed by atoms with Gasteiger partial charge in [-0.2, -0.15) is 13.2 Å². The lowest BCUT2D eigenvalue weighted by atomic mass is 10.1. The van der Waals surface area contributed by atoms with Crippen molar-refractivity contribution in [2.24, 2.45) is 11.7 Å². The summed E-state index contributed by atoms with van der Waals surface area (Å²) < 4.78 is 36.6.